The van der Waals surface area contributed by atoms with Crippen molar-refractivity contribution in [2.75, 3.05) is 18.5 Å². The van der Waals surface area contributed by atoms with E-state index >= 15 is 0 Å². The van der Waals surface area contributed by atoms with Gasteiger partial charge in [0.05, 0.1) is 18.3 Å². The third kappa shape index (κ3) is 8.05. The summed E-state index contributed by atoms with van der Waals surface area (Å²) in [6, 6.07) is 0. The van der Waals surface area contributed by atoms with Crippen molar-refractivity contribution in [3.8, 4) is 0 Å². The van der Waals surface area contributed by atoms with Crippen LogP contribution >= 0.6 is 28.1 Å². The van der Waals surface area contributed by atoms with Gasteiger partial charge in [0.1, 0.15) is 5.33 Å². The molecular formula is C7H10BrNO3S. The van der Waals surface area contributed by atoms with Gasteiger partial charge in [-0.25, -0.2) is 4.99 Å². The fraction of sp³-hybridized carbons (Fsp3) is 0.714. The second-order valence-corrected chi connectivity index (χ2v) is 2.78. The van der Waals surface area contributed by atoms with E-state index in [1.54, 1.807) is 6.92 Å². The number of hydrogen-bond donors (Lipinski definition) is 0. The molecule has 0 aromatic carbocycles. The lowest BCUT2D eigenvalue weighted by Crippen LogP contribution is -2.19. The summed E-state index contributed by atoms with van der Waals surface area (Å²) in [5.74, 6) is -0.356. The van der Waals surface area contributed by atoms with E-state index in [4.69, 9.17) is 9.47 Å². The number of ether oxygens (including phenoxy) is 2. The van der Waals surface area contributed by atoms with Crippen LogP contribution in [-0.2, 0) is 14.3 Å². The van der Waals surface area contributed by atoms with Crippen LogP contribution in [0.2, 0.25) is 0 Å². The molecule has 1 unspecified atom stereocenters. The van der Waals surface area contributed by atoms with Gasteiger partial charge in [0, 0.05) is 0 Å². The Bertz CT molecular complexity index is 206. The lowest BCUT2D eigenvalue weighted by Gasteiger charge is -2.11. The van der Waals surface area contributed by atoms with Gasteiger partial charge in [-0.05, 0) is 19.1 Å². The van der Waals surface area contributed by atoms with Crippen molar-refractivity contribution in [3.05, 3.63) is 0 Å². The molecule has 1 atom stereocenters. The Morgan fingerprint density at radius 2 is 2.46 bits per heavy atom. The van der Waals surface area contributed by atoms with E-state index < -0.39 is 6.29 Å². The maximum absolute atomic E-state index is 10.7. The van der Waals surface area contributed by atoms with Gasteiger partial charge in [-0.1, -0.05) is 15.9 Å². The van der Waals surface area contributed by atoms with Gasteiger partial charge in [-0.2, -0.15) is 0 Å². The zero-order valence-corrected chi connectivity index (χ0v) is 9.56. The van der Waals surface area contributed by atoms with Crippen LogP contribution in [-0.4, -0.2) is 35.9 Å². The maximum Gasteiger partial charge on any atom is 0.318 e. The minimum absolute atomic E-state index is 0.165. The second kappa shape index (κ2) is 8.31. The molecular weight excluding hydrogens is 258 g/mol. The molecule has 0 amide bonds. The molecule has 0 aliphatic carbocycles. The summed E-state index contributed by atoms with van der Waals surface area (Å²) < 4.78 is 9.86. The molecule has 0 aromatic heterocycles. The Morgan fingerprint density at radius 3 is 3.00 bits per heavy atom. The predicted molar refractivity (Wildman–Crippen MR) is 55.2 cm³/mol. The van der Waals surface area contributed by atoms with E-state index in [1.807, 2.05) is 0 Å². The molecule has 0 heterocycles. The van der Waals surface area contributed by atoms with Crippen molar-refractivity contribution < 1.29 is 14.3 Å². The van der Waals surface area contributed by atoms with E-state index in [2.05, 4.69) is 38.3 Å². The third-order valence-electron chi connectivity index (χ3n) is 1.03. The fourth-order valence-corrected chi connectivity index (χ4v) is 0.784. The number of carbonyl (C=O) groups excluding carboxylic acids is 1. The Morgan fingerprint density at radius 1 is 1.77 bits per heavy atom. The summed E-state index contributed by atoms with van der Waals surface area (Å²) in [7, 11) is 0. The Balaban J connectivity index is 3.45. The summed E-state index contributed by atoms with van der Waals surface area (Å²) in [4.78, 5) is 14.3. The van der Waals surface area contributed by atoms with Gasteiger partial charge >= 0.3 is 5.97 Å². The first kappa shape index (κ1) is 12.7. The van der Waals surface area contributed by atoms with Gasteiger partial charge in [0.15, 0.2) is 6.29 Å². The molecule has 74 valence electrons. The van der Waals surface area contributed by atoms with Gasteiger partial charge in [-0.3, -0.25) is 4.79 Å². The van der Waals surface area contributed by atoms with E-state index in [1.165, 1.54) is 0 Å². The molecule has 4 nitrogen and oxygen atoms in total. The number of aliphatic imine (C=N–C) groups is 1. The Labute approximate surface area is 90.4 Å². The first-order valence-electron chi connectivity index (χ1n) is 3.61. The molecule has 0 aliphatic rings. The van der Waals surface area contributed by atoms with Crippen molar-refractivity contribution in [1.29, 1.82) is 0 Å². The van der Waals surface area contributed by atoms with Crippen LogP contribution in [0.4, 0.5) is 0 Å². The quantitative estimate of drug-likeness (QED) is 0.182. The zero-order chi connectivity index (χ0) is 10.1. The first-order valence-corrected chi connectivity index (χ1v) is 5.14. The number of alkyl halides is 1. The van der Waals surface area contributed by atoms with E-state index in [-0.39, 0.29) is 11.3 Å². The van der Waals surface area contributed by atoms with Crippen molar-refractivity contribution in [3.63, 3.8) is 0 Å². The van der Waals surface area contributed by atoms with Gasteiger partial charge in [-0.15, -0.1) is 0 Å². The minimum atomic E-state index is -0.551. The number of rotatable bonds is 6. The first-order chi connectivity index (χ1) is 6.20. The molecule has 6 heteroatoms. The highest BCUT2D eigenvalue weighted by Gasteiger charge is 2.06. The van der Waals surface area contributed by atoms with Gasteiger partial charge in [0.2, 0.25) is 0 Å². The van der Waals surface area contributed by atoms with E-state index in [9.17, 15) is 4.79 Å². The van der Waals surface area contributed by atoms with E-state index in [0.717, 1.165) is 0 Å². The van der Waals surface area contributed by atoms with Crippen LogP contribution < -0.4 is 0 Å². The van der Waals surface area contributed by atoms with Crippen molar-refractivity contribution in [2.24, 2.45) is 4.99 Å². The molecule has 13 heavy (non-hydrogen) atoms. The summed E-state index contributed by atoms with van der Waals surface area (Å²) in [6.07, 6.45) is -0.551. The molecule has 0 saturated heterocycles. The number of nitrogens with zero attached hydrogens (tertiary/aromatic N) is 1. The largest absolute Gasteiger partial charge is 0.435 e. The van der Waals surface area contributed by atoms with Crippen LogP contribution in [0.1, 0.15) is 6.92 Å². The Kier molecular flexibility index (Phi) is 8.13. The summed E-state index contributed by atoms with van der Waals surface area (Å²) in [5.41, 5.74) is 0. The average Bonchev–Trinajstić information content (AvgIpc) is 2.12. The molecule has 0 fully saturated rings. The summed E-state index contributed by atoms with van der Waals surface area (Å²) >= 11 is 7.32. The van der Waals surface area contributed by atoms with Crippen molar-refractivity contribution in [2.45, 2.75) is 13.2 Å². The van der Waals surface area contributed by atoms with Crippen LogP contribution in [0.3, 0.4) is 0 Å². The van der Waals surface area contributed by atoms with E-state index in [0.29, 0.717) is 13.2 Å². The molecule has 0 spiro atoms. The average molecular weight is 268 g/mol. The second-order valence-electron chi connectivity index (χ2n) is 2.03. The predicted octanol–water partition coefficient (Wildman–Crippen LogP) is 1.39. The smallest absolute Gasteiger partial charge is 0.318 e. The standard InChI is InChI=1S/C7H10BrNO3S/c1-6(12-7(10)4-8)11-3-2-9-5-13/h6H,2-4H2,1H3. The summed E-state index contributed by atoms with van der Waals surface area (Å²) in [6.45, 7) is 2.43. The lowest BCUT2D eigenvalue weighted by molar-refractivity contribution is -0.170. The molecule has 0 bridgehead atoms. The number of halogens is 1. The molecule has 0 N–H and O–H groups in total. The van der Waals surface area contributed by atoms with Gasteiger partial charge in [0.25, 0.3) is 0 Å². The van der Waals surface area contributed by atoms with Crippen LogP contribution in [0.5, 0.6) is 0 Å². The van der Waals surface area contributed by atoms with Crippen LogP contribution in [0.25, 0.3) is 0 Å². The maximum atomic E-state index is 10.7. The number of thiocarbonyl (C=S) groups is 1. The normalized spacial score (nSPS) is 11.5. The van der Waals surface area contributed by atoms with Crippen LogP contribution in [0.15, 0.2) is 4.99 Å². The van der Waals surface area contributed by atoms with Crippen molar-refractivity contribution >= 4 is 39.3 Å². The SMILES string of the molecule is CC(OCCN=C=S)OC(=O)CBr. The monoisotopic (exact) mass is 267 g/mol. The number of isothiocyanates is 1. The molecule has 0 saturated carbocycles. The molecule has 0 aromatic rings. The number of hydrogen-bond acceptors (Lipinski definition) is 5. The minimum Gasteiger partial charge on any atom is -0.435 e. The Hall–Kier alpha value is -0.290. The molecule has 0 aliphatic heterocycles. The molecule has 0 rings (SSSR count). The fourth-order valence-electron chi connectivity index (χ4n) is 0.561. The van der Waals surface area contributed by atoms with Crippen LogP contribution in [0, 0.1) is 0 Å². The highest BCUT2D eigenvalue weighted by molar-refractivity contribution is 9.09. The highest BCUT2D eigenvalue weighted by atomic mass is 79.9. The van der Waals surface area contributed by atoms with Crippen molar-refractivity contribution in [1.82, 2.24) is 0 Å². The highest BCUT2D eigenvalue weighted by Crippen LogP contribution is 1.96. The number of carbonyl (C=O) groups is 1. The zero-order valence-electron chi connectivity index (χ0n) is 7.16. The lowest BCUT2D eigenvalue weighted by atomic mass is 10.6. The summed E-state index contributed by atoms with van der Waals surface area (Å²) in [5, 5.41) is 2.37. The third-order valence-corrected chi connectivity index (χ3v) is 1.61. The van der Waals surface area contributed by atoms with Gasteiger partial charge < -0.3 is 9.47 Å². The molecule has 0 radical (unpaired) electrons. The number of esters is 1. The topological polar surface area (TPSA) is 47.9 Å².